The Balaban J connectivity index is 1.60. The van der Waals surface area contributed by atoms with Gasteiger partial charge in [-0.2, -0.15) is 0 Å². The molecule has 140 valence electrons. The average molecular weight is 385 g/mol. The number of anilines is 1. The molecule has 0 unspecified atom stereocenters. The van der Waals surface area contributed by atoms with E-state index < -0.39 is 0 Å². The van der Waals surface area contributed by atoms with Gasteiger partial charge in [0.15, 0.2) is 5.13 Å². The van der Waals surface area contributed by atoms with E-state index in [4.69, 9.17) is 0 Å². The van der Waals surface area contributed by atoms with Gasteiger partial charge in [0.25, 0.3) is 0 Å². The van der Waals surface area contributed by atoms with Gasteiger partial charge < -0.3 is 10.0 Å². The van der Waals surface area contributed by atoms with Gasteiger partial charge in [-0.05, 0) is 30.2 Å². The van der Waals surface area contributed by atoms with Gasteiger partial charge in [0, 0.05) is 30.1 Å². The first-order valence-corrected chi connectivity index (χ1v) is 9.23. The summed E-state index contributed by atoms with van der Waals surface area (Å²) < 4.78 is 13.7. The molecular formula is C20H20FN3O2S. The number of hydrogen-bond donors (Lipinski definition) is 2. The van der Waals surface area contributed by atoms with Crippen LogP contribution in [-0.2, 0) is 13.0 Å². The second-order valence-corrected chi connectivity index (χ2v) is 7.42. The molecule has 0 bridgehead atoms. The molecule has 3 aromatic rings. The molecule has 0 aliphatic rings. The van der Waals surface area contributed by atoms with Crippen molar-refractivity contribution in [3.05, 3.63) is 76.0 Å². The second-order valence-electron chi connectivity index (χ2n) is 6.31. The highest BCUT2D eigenvalue weighted by Gasteiger charge is 2.13. The zero-order valence-electron chi connectivity index (χ0n) is 15.1. The minimum Gasteiger partial charge on any atom is -0.508 e. The lowest BCUT2D eigenvalue weighted by Gasteiger charge is -2.17. The first kappa shape index (κ1) is 18.8. The van der Waals surface area contributed by atoms with Gasteiger partial charge in [-0.25, -0.2) is 14.2 Å². The van der Waals surface area contributed by atoms with Crippen LogP contribution in [0.15, 0.2) is 48.7 Å². The zero-order valence-corrected chi connectivity index (χ0v) is 15.9. The average Bonchev–Trinajstić information content (AvgIpc) is 3.07. The van der Waals surface area contributed by atoms with Gasteiger partial charge in [0.05, 0.1) is 6.54 Å². The minimum atomic E-state index is -0.319. The van der Waals surface area contributed by atoms with Crippen molar-refractivity contribution in [1.29, 1.82) is 0 Å². The molecule has 0 spiro atoms. The molecular weight excluding hydrogens is 365 g/mol. The summed E-state index contributed by atoms with van der Waals surface area (Å²) in [5.41, 5.74) is 2.14. The Labute approximate surface area is 161 Å². The number of phenolic OH excluding ortho intramolecular Hbond substituents is 1. The molecule has 5 nitrogen and oxygen atoms in total. The van der Waals surface area contributed by atoms with E-state index in [9.17, 15) is 14.3 Å². The number of amides is 2. The summed E-state index contributed by atoms with van der Waals surface area (Å²) in [7, 11) is 1.64. The SMILES string of the molecule is Cc1ccc(Cc2cnc(NC(=O)N(C)Cc3ccccc3O)s2)cc1F. The summed E-state index contributed by atoms with van der Waals surface area (Å²) in [4.78, 5) is 18.9. The highest BCUT2D eigenvalue weighted by Crippen LogP contribution is 2.23. The van der Waals surface area contributed by atoms with Crippen molar-refractivity contribution in [2.75, 3.05) is 12.4 Å². The molecule has 0 radical (unpaired) electrons. The molecule has 0 aliphatic carbocycles. The molecule has 0 saturated carbocycles. The van der Waals surface area contributed by atoms with Crippen molar-refractivity contribution in [2.24, 2.45) is 0 Å². The van der Waals surface area contributed by atoms with Crippen LogP contribution in [0.1, 0.15) is 21.6 Å². The standard InChI is InChI=1S/C20H20FN3O2S/c1-13-7-8-14(10-17(13)21)9-16-11-22-19(27-16)23-20(26)24(2)12-15-5-3-4-6-18(15)25/h3-8,10-11,25H,9,12H2,1-2H3,(H,22,23,26). The molecule has 0 fully saturated rings. The second kappa shape index (κ2) is 8.18. The predicted octanol–water partition coefficient (Wildman–Crippen LogP) is 4.55. The first-order chi connectivity index (χ1) is 12.9. The third kappa shape index (κ3) is 4.83. The fourth-order valence-electron chi connectivity index (χ4n) is 2.55. The quantitative estimate of drug-likeness (QED) is 0.677. The van der Waals surface area contributed by atoms with E-state index >= 15 is 0 Å². The number of halogens is 1. The maximum atomic E-state index is 13.7. The number of nitrogens with one attached hydrogen (secondary N) is 1. The Kier molecular flexibility index (Phi) is 5.71. The molecule has 2 aromatic carbocycles. The van der Waals surface area contributed by atoms with Crippen molar-refractivity contribution in [3.63, 3.8) is 0 Å². The lowest BCUT2D eigenvalue weighted by atomic mass is 10.1. The lowest BCUT2D eigenvalue weighted by Crippen LogP contribution is -2.30. The van der Waals surface area contributed by atoms with Crippen molar-refractivity contribution >= 4 is 22.5 Å². The largest absolute Gasteiger partial charge is 0.508 e. The zero-order chi connectivity index (χ0) is 19.4. The summed E-state index contributed by atoms with van der Waals surface area (Å²) in [6.07, 6.45) is 2.24. The Hall–Kier alpha value is -2.93. The number of rotatable bonds is 5. The molecule has 0 atom stereocenters. The fraction of sp³-hybridized carbons (Fsp3) is 0.200. The maximum absolute atomic E-state index is 13.7. The van der Waals surface area contributed by atoms with Crippen LogP contribution >= 0.6 is 11.3 Å². The molecule has 3 rings (SSSR count). The number of aromatic hydroxyl groups is 1. The number of nitrogens with zero attached hydrogens (tertiary/aromatic N) is 2. The van der Waals surface area contributed by atoms with E-state index in [0.717, 1.165) is 10.4 Å². The molecule has 0 aliphatic heterocycles. The van der Waals surface area contributed by atoms with Gasteiger partial charge in [0.1, 0.15) is 11.6 Å². The number of hydrogen-bond acceptors (Lipinski definition) is 4. The molecule has 2 N–H and O–H groups in total. The Morgan fingerprint density at radius 2 is 2.07 bits per heavy atom. The van der Waals surface area contributed by atoms with Crippen molar-refractivity contribution < 1.29 is 14.3 Å². The highest BCUT2D eigenvalue weighted by atomic mass is 32.1. The van der Waals surface area contributed by atoms with Gasteiger partial charge in [-0.15, -0.1) is 11.3 Å². The molecule has 2 amide bonds. The molecule has 7 heteroatoms. The van der Waals surface area contributed by atoms with E-state index in [-0.39, 0.29) is 24.1 Å². The van der Waals surface area contributed by atoms with Crippen LogP contribution in [0.3, 0.4) is 0 Å². The van der Waals surface area contributed by atoms with Crippen LogP contribution in [0.4, 0.5) is 14.3 Å². The smallest absolute Gasteiger partial charge is 0.323 e. The number of carbonyl (C=O) groups is 1. The highest BCUT2D eigenvalue weighted by molar-refractivity contribution is 7.15. The van der Waals surface area contributed by atoms with Crippen molar-refractivity contribution in [1.82, 2.24) is 9.88 Å². The number of aryl methyl sites for hydroxylation is 1. The van der Waals surface area contributed by atoms with Crippen molar-refractivity contribution in [3.8, 4) is 5.75 Å². The summed E-state index contributed by atoms with van der Waals surface area (Å²) in [5, 5.41) is 13.0. The Morgan fingerprint density at radius 1 is 1.30 bits per heavy atom. The van der Waals surface area contributed by atoms with Crippen LogP contribution in [0.2, 0.25) is 0 Å². The van der Waals surface area contributed by atoms with E-state index in [0.29, 0.717) is 22.7 Å². The predicted molar refractivity (Wildman–Crippen MR) is 105 cm³/mol. The maximum Gasteiger partial charge on any atom is 0.323 e. The van der Waals surface area contributed by atoms with Crippen LogP contribution in [0.5, 0.6) is 5.75 Å². The topological polar surface area (TPSA) is 65.5 Å². The number of benzene rings is 2. The monoisotopic (exact) mass is 385 g/mol. The molecule has 27 heavy (non-hydrogen) atoms. The van der Waals surface area contributed by atoms with Crippen LogP contribution in [0.25, 0.3) is 0 Å². The molecule has 0 saturated heterocycles. The minimum absolute atomic E-state index is 0.152. The van der Waals surface area contributed by atoms with Gasteiger partial charge >= 0.3 is 6.03 Å². The first-order valence-electron chi connectivity index (χ1n) is 8.41. The number of para-hydroxylation sites is 1. The summed E-state index contributed by atoms with van der Waals surface area (Å²) in [5.74, 6) is -0.0738. The van der Waals surface area contributed by atoms with Crippen LogP contribution in [0, 0.1) is 12.7 Å². The van der Waals surface area contributed by atoms with E-state index in [1.54, 1.807) is 44.4 Å². The summed E-state index contributed by atoms with van der Waals surface area (Å²) in [6, 6.07) is 11.7. The van der Waals surface area contributed by atoms with E-state index in [1.807, 2.05) is 12.1 Å². The van der Waals surface area contributed by atoms with Crippen LogP contribution in [-0.4, -0.2) is 28.1 Å². The normalized spacial score (nSPS) is 10.6. The number of urea groups is 1. The number of carbonyl (C=O) groups excluding carboxylic acids is 1. The summed E-state index contributed by atoms with van der Waals surface area (Å²) in [6.45, 7) is 2.00. The van der Waals surface area contributed by atoms with Crippen molar-refractivity contribution in [2.45, 2.75) is 19.9 Å². The number of phenols is 1. The van der Waals surface area contributed by atoms with E-state index in [1.165, 1.54) is 22.3 Å². The lowest BCUT2D eigenvalue weighted by molar-refractivity contribution is 0.220. The number of aromatic nitrogens is 1. The molecule has 1 heterocycles. The Bertz CT molecular complexity index is 958. The fourth-order valence-corrected chi connectivity index (χ4v) is 3.39. The Morgan fingerprint density at radius 3 is 2.81 bits per heavy atom. The van der Waals surface area contributed by atoms with Gasteiger partial charge in [0.2, 0.25) is 0 Å². The molecule has 1 aromatic heterocycles. The third-order valence-electron chi connectivity index (χ3n) is 4.13. The van der Waals surface area contributed by atoms with Gasteiger partial charge in [-0.3, -0.25) is 5.32 Å². The number of thiazole rings is 1. The van der Waals surface area contributed by atoms with Crippen LogP contribution < -0.4 is 5.32 Å². The van der Waals surface area contributed by atoms with E-state index in [2.05, 4.69) is 10.3 Å². The summed E-state index contributed by atoms with van der Waals surface area (Å²) >= 11 is 1.35. The third-order valence-corrected chi connectivity index (χ3v) is 5.04. The van der Waals surface area contributed by atoms with Gasteiger partial charge in [-0.1, -0.05) is 30.3 Å².